The molecule has 0 spiro atoms. The van der Waals surface area contributed by atoms with Gasteiger partial charge in [0.15, 0.2) is 6.61 Å². The van der Waals surface area contributed by atoms with Crippen LogP contribution in [-0.4, -0.2) is 27.2 Å². The Morgan fingerprint density at radius 1 is 1.06 bits per heavy atom. The van der Waals surface area contributed by atoms with Gasteiger partial charge in [0, 0.05) is 5.02 Å². The lowest BCUT2D eigenvalue weighted by Crippen LogP contribution is -2.34. The molecule has 34 heavy (non-hydrogen) atoms. The number of hydrogen-bond donors (Lipinski definition) is 1. The minimum atomic E-state index is -3.54. The first kappa shape index (κ1) is 24.1. The van der Waals surface area contributed by atoms with E-state index in [9.17, 15) is 13.2 Å². The molecule has 0 aromatic heterocycles. The molecule has 0 heterocycles. The molecule has 0 saturated carbocycles. The number of ether oxygens (including phenoxy) is 1. The quantitative estimate of drug-likeness (QED) is 0.480. The molecule has 1 aliphatic rings. The van der Waals surface area contributed by atoms with Crippen molar-refractivity contribution >= 4 is 33.2 Å². The number of aryl methyl sites for hydroxylation is 1. The van der Waals surface area contributed by atoms with Gasteiger partial charge in [-0.3, -0.25) is 9.10 Å². The minimum absolute atomic E-state index is 0.00319. The zero-order chi connectivity index (χ0) is 24.1. The van der Waals surface area contributed by atoms with Gasteiger partial charge in [0.2, 0.25) is 10.0 Å². The molecule has 1 atom stereocenters. The van der Waals surface area contributed by atoms with Crippen molar-refractivity contribution in [2.24, 2.45) is 0 Å². The lowest BCUT2D eigenvalue weighted by Gasteiger charge is -2.26. The molecule has 0 radical (unpaired) electrons. The Balaban J connectivity index is 1.38. The third-order valence-electron chi connectivity index (χ3n) is 5.87. The molecule has 0 bridgehead atoms. The molecule has 6 nitrogen and oxygen atoms in total. The predicted molar refractivity (Wildman–Crippen MR) is 135 cm³/mol. The number of hydrogen-bond acceptors (Lipinski definition) is 4. The lowest BCUT2D eigenvalue weighted by atomic mass is 9.88. The summed E-state index contributed by atoms with van der Waals surface area (Å²) in [4.78, 5) is 12.5. The second kappa shape index (κ2) is 10.5. The summed E-state index contributed by atoms with van der Waals surface area (Å²) in [5.41, 5.74) is 3.64. The Morgan fingerprint density at radius 3 is 2.50 bits per heavy atom. The number of carbonyl (C=O) groups is 1. The molecule has 1 unspecified atom stereocenters. The molecular weight excluding hydrogens is 472 g/mol. The standard InChI is InChI=1S/C26H27ClN2O4S/c1-34(31,32)29(17-20-8-3-5-11-24(20)27)21-13-15-22(16-14-21)33-18-26(30)28-25-12-6-9-19-7-2-4-10-23(19)25/h2-5,7-8,10-11,13-16,25H,6,9,12,17-18H2,1H3,(H,28,30). The van der Waals surface area contributed by atoms with E-state index in [-0.39, 0.29) is 25.1 Å². The van der Waals surface area contributed by atoms with Gasteiger partial charge >= 0.3 is 0 Å². The van der Waals surface area contributed by atoms with Gasteiger partial charge in [0.1, 0.15) is 5.75 Å². The third kappa shape index (κ3) is 5.90. The van der Waals surface area contributed by atoms with Gasteiger partial charge < -0.3 is 10.1 Å². The van der Waals surface area contributed by atoms with E-state index in [0.717, 1.165) is 25.5 Å². The smallest absolute Gasteiger partial charge is 0.258 e. The van der Waals surface area contributed by atoms with Crippen LogP contribution in [0, 0.1) is 0 Å². The molecule has 1 aliphatic carbocycles. The first-order chi connectivity index (χ1) is 16.3. The van der Waals surface area contributed by atoms with Crippen LogP contribution in [0.25, 0.3) is 0 Å². The maximum absolute atomic E-state index is 12.5. The number of sulfonamides is 1. The second-order valence-corrected chi connectivity index (χ2v) is 10.7. The van der Waals surface area contributed by atoms with Gasteiger partial charge in [-0.25, -0.2) is 8.42 Å². The van der Waals surface area contributed by atoms with Crippen LogP contribution in [0.3, 0.4) is 0 Å². The Bertz CT molecular complexity index is 1260. The third-order valence-corrected chi connectivity index (χ3v) is 7.38. The summed E-state index contributed by atoms with van der Waals surface area (Å²) in [5.74, 6) is 0.288. The SMILES string of the molecule is CS(=O)(=O)N(Cc1ccccc1Cl)c1ccc(OCC(=O)NC2CCCc3ccccc32)cc1. The Labute approximate surface area is 205 Å². The van der Waals surface area contributed by atoms with Crippen molar-refractivity contribution in [1.82, 2.24) is 5.32 Å². The summed E-state index contributed by atoms with van der Waals surface area (Å²) in [6, 6.07) is 21.9. The van der Waals surface area contributed by atoms with Gasteiger partial charge in [-0.05, 0) is 66.3 Å². The molecule has 8 heteroatoms. The predicted octanol–water partition coefficient (Wildman–Crippen LogP) is 4.88. The Hall–Kier alpha value is -3.03. The Kier molecular flexibility index (Phi) is 7.44. The van der Waals surface area contributed by atoms with E-state index in [1.54, 1.807) is 42.5 Å². The highest BCUT2D eigenvalue weighted by Gasteiger charge is 2.22. The fourth-order valence-corrected chi connectivity index (χ4v) is 5.25. The topological polar surface area (TPSA) is 75.7 Å². The van der Waals surface area contributed by atoms with Crippen LogP contribution < -0.4 is 14.4 Å². The average molecular weight is 499 g/mol. The van der Waals surface area contributed by atoms with Crippen LogP contribution in [-0.2, 0) is 27.8 Å². The van der Waals surface area contributed by atoms with Crippen LogP contribution >= 0.6 is 11.6 Å². The van der Waals surface area contributed by atoms with E-state index in [1.807, 2.05) is 18.2 Å². The van der Waals surface area contributed by atoms with Crippen molar-refractivity contribution in [2.75, 3.05) is 17.2 Å². The van der Waals surface area contributed by atoms with Crippen LogP contribution in [0.4, 0.5) is 5.69 Å². The van der Waals surface area contributed by atoms with Gasteiger partial charge in [-0.15, -0.1) is 0 Å². The largest absolute Gasteiger partial charge is 0.484 e. The van der Waals surface area contributed by atoms with Crippen molar-refractivity contribution < 1.29 is 17.9 Å². The Morgan fingerprint density at radius 2 is 1.76 bits per heavy atom. The zero-order valence-electron chi connectivity index (χ0n) is 18.9. The van der Waals surface area contributed by atoms with Crippen LogP contribution in [0.15, 0.2) is 72.8 Å². The number of carbonyl (C=O) groups excluding carboxylic acids is 1. The number of amides is 1. The van der Waals surface area contributed by atoms with E-state index in [2.05, 4.69) is 17.4 Å². The second-order valence-electron chi connectivity index (χ2n) is 8.35. The number of benzene rings is 3. The first-order valence-electron chi connectivity index (χ1n) is 11.1. The van der Waals surface area contributed by atoms with Gasteiger partial charge in [0.25, 0.3) is 5.91 Å². The fourth-order valence-electron chi connectivity index (χ4n) is 4.18. The van der Waals surface area contributed by atoms with Crippen LogP contribution in [0.1, 0.15) is 35.6 Å². The summed E-state index contributed by atoms with van der Waals surface area (Å²) in [7, 11) is -3.54. The minimum Gasteiger partial charge on any atom is -0.484 e. The molecule has 4 rings (SSSR count). The van der Waals surface area contributed by atoms with Gasteiger partial charge in [-0.2, -0.15) is 0 Å². The fraction of sp³-hybridized carbons (Fsp3) is 0.269. The van der Waals surface area contributed by atoms with Crippen molar-refractivity contribution in [2.45, 2.75) is 31.8 Å². The summed E-state index contributed by atoms with van der Waals surface area (Å²) in [6.45, 7) is -0.00257. The van der Waals surface area contributed by atoms with Crippen LogP contribution in [0.2, 0.25) is 5.02 Å². The molecule has 178 valence electrons. The highest BCUT2D eigenvalue weighted by atomic mass is 35.5. The van der Waals surface area contributed by atoms with E-state index < -0.39 is 10.0 Å². The molecule has 0 aliphatic heterocycles. The number of fused-ring (bicyclic) bond motifs is 1. The normalized spacial score (nSPS) is 15.3. The lowest BCUT2D eigenvalue weighted by molar-refractivity contribution is -0.123. The summed E-state index contributed by atoms with van der Waals surface area (Å²) in [6.07, 6.45) is 4.13. The summed E-state index contributed by atoms with van der Waals surface area (Å²) < 4.78 is 31.8. The summed E-state index contributed by atoms with van der Waals surface area (Å²) >= 11 is 6.22. The molecule has 1 amide bonds. The summed E-state index contributed by atoms with van der Waals surface area (Å²) in [5, 5.41) is 3.57. The first-order valence-corrected chi connectivity index (χ1v) is 13.3. The highest BCUT2D eigenvalue weighted by Crippen LogP contribution is 2.29. The highest BCUT2D eigenvalue weighted by molar-refractivity contribution is 7.92. The maximum Gasteiger partial charge on any atom is 0.258 e. The van der Waals surface area contributed by atoms with Crippen molar-refractivity contribution in [3.05, 3.63) is 94.5 Å². The molecule has 3 aromatic rings. The van der Waals surface area contributed by atoms with E-state index in [1.165, 1.54) is 15.4 Å². The van der Waals surface area contributed by atoms with Crippen molar-refractivity contribution in [1.29, 1.82) is 0 Å². The molecule has 0 fully saturated rings. The van der Waals surface area contributed by atoms with Crippen molar-refractivity contribution in [3.63, 3.8) is 0 Å². The number of nitrogens with zero attached hydrogens (tertiary/aromatic N) is 1. The maximum atomic E-state index is 12.5. The van der Waals surface area contributed by atoms with Gasteiger partial charge in [-0.1, -0.05) is 54.1 Å². The number of anilines is 1. The van der Waals surface area contributed by atoms with E-state index in [4.69, 9.17) is 16.3 Å². The number of rotatable bonds is 8. The molecule has 1 N–H and O–H groups in total. The molecule has 0 saturated heterocycles. The van der Waals surface area contributed by atoms with E-state index >= 15 is 0 Å². The van der Waals surface area contributed by atoms with E-state index in [0.29, 0.717) is 22.0 Å². The van der Waals surface area contributed by atoms with Gasteiger partial charge in [0.05, 0.1) is 24.5 Å². The van der Waals surface area contributed by atoms with Crippen molar-refractivity contribution in [3.8, 4) is 5.75 Å². The number of nitrogens with one attached hydrogen (secondary N) is 1. The zero-order valence-corrected chi connectivity index (χ0v) is 20.5. The average Bonchev–Trinajstić information content (AvgIpc) is 2.82. The monoisotopic (exact) mass is 498 g/mol. The number of halogens is 1. The van der Waals surface area contributed by atoms with Crippen LogP contribution in [0.5, 0.6) is 5.75 Å². The molecule has 3 aromatic carbocycles. The molecular formula is C26H27ClN2O4S.